The second-order valence-corrected chi connectivity index (χ2v) is 12.3. The van der Waals surface area contributed by atoms with Crippen molar-refractivity contribution >= 4 is 26.0 Å². The highest BCUT2D eigenvalue weighted by molar-refractivity contribution is 7.89. The maximum Gasteiger partial charge on any atom is 0.243 e. The highest BCUT2D eigenvalue weighted by Crippen LogP contribution is 2.27. The lowest BCUT2D eigenvalue weighted by molar-refractivity contribution is -0.137. The van der Waals surface area contributed by atoms with Crippen molar-refractivity contribution in [3.8, 4) is 5.75 Å². The van der Waals surface area contributed by atoms with Gasteiger partial charge in [-0.3, -0.25) is 4.79 Å². The second-order valence-electron chi connectivity index (χ2n) is 8.40. The average Bonchev–Trinajstić information content (AvgIpc) is 2.89. The Morgan fingerprint density at radius 3 is 1.76 bits per heavy atom. The first-order valence-corrected chi connectivity index (χ1v) is 14.1. The van der Waals surface area contributed by atoms with Crippen LogP contribution in [-0.2, 0) is 24.8 Å². The van der Waals surface area contributed by atoms with Gasteiger partial charge in [-0.15, -0.1) is 0 Å². The van der Waals surface area contributed by atoms with E-state index >= 15 is 0 Å². The van der Waals surface area contributed by atoms with Crippen molar-refractivity contribution in [3.05, 3.63) is 54.6 Å². The number of hydrogen-bond donors (Lipinski definition) is 0. The van der Waals surface area contributed by atoms with Gasteiger partial charge in [0.15, 0.2) is 0 Å². The molecule has 9 nitrogen and oxygen atoms in total. The molecule has 2 aliphatic heterocycles. The van der Waals surface area contributed by atoms with Gasteiger partial charge in [0.1, 0.15) is 5.75 Å². The Hall–Kier alpha value is -2.47. The van der Waals surface area contributed by atoms with Crippen LogP contribution in [0.2, 0.25) is 0 Å². The molecule has 2 saturated heterocycles. The lowest BCUT2D eigenvalue weighted by Crippen LogP contribution is -2.53. The van der Waals surface area contributed by atoms with E-state index in [1.807, 2.05) is 0 Å². The van der Waals surface area contributed by atoms with Crippen LogP contribution in [0.3, 0.4) is 0 Å². The van der Waals surface area contributed by atoms with Gasteiger partial charge in [0, 0.05) is 45.2 Å². The van der Waals surface area contributed by atoms with E-state index in [1.165, 1.54) is 27.9 Å². The number of carbonyl (C=O) groups excluding carboxylic acids is 1. The number of nitrogens with zero attached hydrogens (tertiary/aromatic N) is 3. The maximum absolute atomic E-state index is 13.1. The minimum absolute atomic E-state index is 0.0294. The summed E-state index contributed by atoms with van der Waals surface area (Å²) in [4.78, 5) is 15.2. The molecule has 2 heterocycles. The van der Waals surface area contributed by atoms with Gasteiger partial charge in [-0.2, -0.15) is 8.61 Å². The van der Waals surface area contributed by atoms with Gasteiger partial charge in [-0.05, 0) is 49.2 Å². The predicted octanol–water partition coefficient (Wildman–Crippen LogP) is 1.63. The van der Waals surface area contributed by atoms with Crippen LogP contribution in [0.15, 0.2) is 64.4 Å². The quantitative estimate of drug-likeness (QED) is 0.589. The summed E-state index contributed by atoms with van der Waals surface area (Å²) >= 11 is 0. The number of piperidine rings is 1. The van der Waals surface area contributed by atoms with E-state index in [4.69, 9.17) is 4.74 Å². The summed E-state index contributed by atoms with van der Waals surface area (Å²) in [7, 11) is -5.69. The lowest BCUT2D eigenvalue weighted by atomic mass is 9.96. The van der Waals surface area contributed by atoms with Crippen LogP contribution < -0.4 is 4.74 Å². The van der Waals surface area contributed by atoms with E-state index in [9.17, 15) is 21.6 Å². The molecule has 0 bridgehead atoms. The fourth-order valence-electron chi connectivity index (χ4n) is 4.39. The molecule has 0 saturated carbocycles. The molecule has 0 N–H and O–H groups in total. The Balaban J connectivity index is 1.32. The number of amides is 1. The summed E-state index contributed by atoms with van der Waals surface area (Å²) in [6, 6.07) is 14.6. The van der Waals surface area contributed by atoms with Crippen LogP contribution in [0.25, 0.3) is 0 Å². The molecular weight excluding hydrogens is 478 g/mol. The van der Waals surface area contributed by atoms with Crippen LogP contribution in [0.5, 0.6) is 5.75 Å². The molecule has 1 amide bonds. The van der Waals surface area contributed by atoms with Crippen LogP contribution in [0, 0.1) is 5.92 Å². The molecule has 0 atom stereocenters. The lowest BCUT2D eigenvalue weighted by Gasteiger charge is -2.37. The summed E-state index contributed by atoms with van der Waals surface area (Å²) in [5.41, 5.74) is 0. The van der Waals surface area contributed by atoms with E-state index in [0.29, 0.717) is 31.7 Å². The van der Waals surface area contributed by atoms with Gasteiger partial charge < -0.3 is 9.64 Å². The Morgan fingerprint density at radius 1 is 0.735 bits per heavy atom. The third kappa shape index (κ3) is 4.97. The summed E-state index contributed by atoms with van der Waals surface area (Å²) in [5, 5.41) is 0. The molecule has 2 aromatic rings. The fraction of sp³-hybridized carbons (Fsp3) is 0.435. The first kappa shape index (κ1) is 24.6. The van der Waals surface area contributed by atoms with Crippen LogP contribution in [0.1, 0.15) is 12.8 Å². The topological polar surface area (TPSA) is 104 Å². The van der Waals surface area contributed by atoms with Gasteiger partial charge in [0.05, 0.1) is 16.9 Å². The van der Waals surface area contributed by atoms with E-state index in [1.54, 1.807) is 47.4 Å². The molecule has 0 unspecified atom stereocenters. The minimum Gasteiger partial charge on any atom is -0.497 e. The van der Waals surface area contributed by atoms with Crippen molar-refractivity contribution in [1.82, 2.24) is 13.5 Å². The van der Waals surface area contributed by atoms with Gasteiger partial charge in [0.25, 0.3) is 0 Å². The zero-order valence-electron chi connectivity index (χ0n) is 19.0. The Bertz CT molecular complexity index is 1200. The molecule has 0 spiro atoms. The van der Waals surface area contributed by atoms with Crippen molar-refractivity contribution in [3.63, 3.8) is 0 Å². The van der Waals surface area contributed by atoms with E-state index in [2.05, 4.69) is 0 Å². The highest BCUT2D eigenvalue weighted by Gasteiger charge is 2.36. The molecule has 2 aromatic carbocycles. The number of benzene rings is 2. The molecule has 0 aromatic heterocycles. The monoisotopic (exact) mass is 507 g/mol. The number of rotatable bonds is 6. The van der Waals surface area contributed by atoms with Crippen molar-refractivity contribution in [2.24, 2.45) is 5.92 Å². The van der Waals surface area contributed by atoms with Crippen molar-refractivity contribution < 1.29 is 26.4 Å². The molecule has 34 heavy (non-hydrogen) atoms. The molecule has 0 radical (unpaired) electrons. The highest BCUT2D eigenvalue weighted by atomic mass is 32.2. The Labute approximate surface area is 201 Å². The third-order valence-electron chi connectivity index (χ3n) is 6.43. The van der Waals surface area contributed by atoms with E-state index < -0.39 is 20.0 Å². The van der Waals surface area contributed by atoms with Gasteiger partial charge in [-0.1, -0.05) is 18.2 Å². The minimum atomic E-state index is -3.63. The van der Waals surface area contributed by atoms with Crippen LogP contribution >= 0.6 is 0 Å². The van der Waals surface area contributed by atoms with Gasteiger partial charge in [-0.25, -0.2) is 16.8 Å². The number of ether oxygens (including phenoxy) is 1. The first-order chi connectivity index (χ1) is 16.2. The molecule has 4 rings (SSSR count). The second kappa shape index (κ2) is 10.0. The molecule has 2 aliphatic rings. The fourth-order valence-corrected chi connectivity index (χ4v) is 7.30. The smallest absolute Gasteiger partial charge is 0.243 e. The van der Waals surface area contributed by atoms with Crippen molar-refractivity contribution in [2.75, 3.05) is 46.4 Å². The predicted molar refractivity (Wildman–Crippen MR) is 126 cm³/mol. The SMILES string of the molecule is COc1ccc(S(=O)(=O)N2CCC(C(=O)N3CCN(S(=O)(=O)c4ccccc4)CC3)CC2)cc1. The largest absolute Gasteiger partial charge is 0.497 e. The molecule has 0 aliphatic carbocycles. The summed E-state index contributed by atoms with van der Waals surface area (Å²) in [6.07, 6.45) is 0.882. The summed E-state index contributed by atoms with van der Waals surface area (Å²) in [5.74, 6) is 0.290. The van der Waals surface area contributed by atoms with Gasteiger partial charge in [0.2, 0.25) is 26.0 Å². The molecule has 2 fully saturated rings. The number of hydrogen-bond acceptors (Lipinski definition) is 6. The average molecular weight is 508 g/mol. The number of sulfonamides is 2. The molecule has 184 valence electrons. The Morgan fingerprint density at radius 2 is 1.24 bits per heavy atom. The Kier molecular flexibility index (Phi) is 7.27. The number of methoxy groups -OCH3 is 1. The standard InChI is InChI=1S/C23H29N3O6S2/c1-32-20-7-9-22(10-8-20)34(30,31)25-13-11-19(12-14-25)23(27)24-15-17-26(18-16-24)33(28,29)21-5-3-2-4-6-21/h2-10,19H,11-18H2,1H3. The summed E-state index contributed by atoms with van der Waals surface area (Å²) in [6.45, 7) is 1.69. The maximum atomic E-state index is 13.1. The normalized spacial score (nSPS) is 19.1. The van der Waals surface area contributed by atoms with Crippen molar-refractivity contribution in [2.45, 2.75) is 22.6 Å². The van der Waals surface area contributed by atoms with Gasteiger partial charge >= 0.3 is 0 Å². The first-order valence-electron chi connectivity index (χ1n) is 11.2. The van der Waals surface area contributed by atoms with Crippen LogP contribution in [-0.4, -0.2) is 82.6 Å². The van der Waals surface area contributed by atoms with Crippen LogP contribution in [0.4, 0.5) is 0 Å². The third-order valence-corrected chi connectivity index (χ3v) is 10.3. The molecule has 11 heteroatoms. The summed E-state index contributed by atoms with van der Waals surface area (Å²) < 4.78 is 59.4. The number of piperazine rings is 1. The van der Waals surface area contributed by atoms with Crippen molar-refractivity contribution in [1.29, 1.82) is 0 Å². The molecular formula is C23H29N3O6S2. The zero-order valence-corrected chi connectivity index (χ0v) is 20.7. The zero-order chi connectivity index (χ0) is 24.3. The number of carbonyl (C=O) groups is 1. The van der Waals surface area contributed by atoms with E-state index in [-0.39, 0.29) is 47.8 Å². The van der Waals surface area contributed by atoms with E-state index in [0.717, 1.165) is 0 Å².